The van der Waals surface area contributed by atoms with Crippen molar-refractivity contribution in [3.63, 3.8) is 0 Å². The molecule has 1 aliphatic heterocycles. The summed E-state index contributed by atoms with van der Waals surface area (Å²) in [6, 6.07) is 0. The molecule has 0 unspecified atom stereocenters. The molecule has 1 heterocycles. The molecule has 15 heavy (non-hydrogen) atoms. The van der Waals surface area contributed by atoms with Crippen LogP contribution in [0.2, 0.25) is 0 Å². The number of hydrogen-bond acceptors (Lipinski definition) is 4. The third kappa shape index (κ3) is 2.09. The van der Waals surface area contributed by atoms with Crippen LogP contribution in [0.15, 0.2) is 25.3 Å². The lowest BCUT2D eigenvalue weighted by atomic mass is 10.1. The number of aliphatic hydroxyl groups excluding tert-OH is 1. The molecule has 5 nitrogen and oxygen atoms in total. The Morgan fingerprint density at radius 1 is 1.60 bits per heavy atom. The van der Waals surface area contributed by atoms with Crippen LogP contribution >= 0.6 is 0 Å². The summed E-state index contributed by atoms with van der Waals surface area (Å²) in [7, 11) is 0. The van der Waals surface area contributed by atoms with Crippen molar-refractivity contribution in [2.24, 2.45) is 5.73 Å². The lowest BCUT2D eigenvalue weighted by Crippen LogP contribution is -2.43. The highest BCUT2D eigenvalue weighted by Crippen LogP contribution is 2.31. The molecule has 1 saturated heterocycles. The van der Waals surface area contributed by atoms with Gasteiger partial charge in [-0.2, -0.15) is 0 Å². The molecule has 0 aromatic heterocycles. The lowest BCUT2D eigenvalue weighted by Gasteiger charge is -2.19. The second-order valence-corrected chi connectivity index (χ2v) is 3.44. The summed E-state index contributed by atoms with van der Waals surface area (Å²) >= 11 is 0. The number of nitrogens with two attached hydrogens (primary N) is 1. The topological polar surface area (TPSA) is 81.8 Å². The van der Waals surface area contributed by atoms with Crippen LogP contribution in [0.5, 0.6) is 0 Å². The molecular formula is C10H15NO4. The van der Waals surface area contributed by atoms with Crippen molar-refractivity contribution in [2.75, 3.05) is 0 Å². The van der Waals surface area contributed by atoms with Gasteiger partial charge in [-0.1, -0.05) is 12.2 Å². The average molecular weight is 213 g/mol. The minimum atomic E-state index is -1.52. The Balaban J connectivity index is 2.88. The predicted octanol–water partition coefficient (Wildman–Crippen LogP) is -0.295. The van der Waals surface area contributed by atoms with Gasteiger partial charge >= 0.3 is 0 Å². The molecule has 0 aromatic rings. The van der Waals surface area contributed by atoms with E-state index in [-0.39, 0.29) is 0 Å². The van der Waals surface area contributed by atoms with Crippen LogP contribution in [0.4, 0.5) is 0 Å². The normalized spacial score (nSPS) is 37.2. The van der Waals surface area contributed by atoms with E-state index in [0.29, 0.717) is 0 Å². The Labute approximate surface area is 88.2 Å². The summed E-state index contributed by atoms with van der Waals surface area (Å²) in [4.78, 5) is 11.1. The molecule has 0 saturated carbocycles. The third-order valence-electron chi connectivity index (χ3n) is 2.30. The fraction of sp³-hybridized carbons (Fsp3) is 0.500. The van der Waals surface area contributed by atoms with Crippen LogP contribution in [0.1, 0.15) is 6.92 Å². The van der Waals surface area contributed by atoms with Gasteiger partial charge in [0.15, 0.2) is 0 Å². The molecule has 0 bridgehead atoms. The monoisotopic (exact) mass is 213 g/mol. The van der Waals surface area contributed by atoms with Gasteiger partial charge in [0.25, 0.3) is 5.91 Å². The Hall–Kier alpha value is -1.17. The van der Waals surface area contributed by atoms with Gasteiger partial charge in [-0.15, -0.1) is 13.2 Å². The number of amides is 1. The fourth-order valence-electron chi connectivity index (χ4n) is 1.38. The van der Waals surface area contributed by atoms with Crippen molar-refractivity contribution in [1.29, 1.82) is 0 Å². The summed E-state index contributed by atoms with van der Waals surface area (Å²) in [5.74, 6) is -2.26. The molecule has 3 N–H and O–H groups in total. The van der Waals surface area contributed by atoms with E-state index in [4.69, 9.17) is 15.2 Å². The molecule has 5 heteroatoms. The first kappa shape index (κ1) is 11.9. The Kier molecular flexibility index (Phi) is 3.28. The van der Waals surface area contributed by atoms with E-state index in [1.54, 1.807) is 0 Å². The number of hydrogen-bond donors (Lipinski definition) is 2. The first-order chi connectivity index (χ1) is 6.94. The number of rotatable bonds is 4. The zero-order chi connectivity index (χ0) is 11.6. The maximum atomic E-state index is 11.1. The zero-order valence-electron chi connectivity index (χ0n) is 8.55. The van der Waals surface area contributed by atoms with Gasteiger partial charge in [0.2, 0.25) is 5.79 Å². The first-order valence-electron chi connectivity index (χ1n) is 4.53. The lowest BCUT2D eigenvalue weighted by molar-refractivity contribution is -0.182. The second kappa shape index (κ2) is 4.14. The van der Waals surface area contributed by atoms with Crippen molar-refractivity contribution in [3.05, 3.63) is 25.3 Å². The van der Waals surface area contributed by atoms with E-state index in [2.05, 4.69) is 13.2 Å². The molecule has 1 rings (SSSR count). The minimum Gasteiger partial charge on any atom is -0.386 e. The van der Waals surface area contributed by atoms with E-state index in [1.165, 1.54) is 19.1 Å². The van der Waals surface area contributed by atoms with Crippen LogP contribution < -0.4 is 5.73 Å². The van der Waals surface area contributed by atoms with E-state index in [1.807, 2.05) is 0 Å². The van der Waals surface area contributed by atoms with Gasteiger partial charge in [0, 0.05) is 0 Å². The van der Waals surface area contributed by atoms with Crippen LogP contribution in [-0.4, -0.2) is 35.1 Å². The summed E-state index contributed by atoms with van der Waals surface area (Å²) in [6.45, 7) is 8.37. The van der Waals surface area contributed by atoms with Gasteiger partial charge in [0.05, 0.1) is 0 Å². The van der Waals surface area contributed by atoms with Crippen molar-refractivity contribution in [1.82, 2.24) is 0 Å². The maximum absolute atomic E-state index is 11.1. The minimum absolute atomic E-state index is 0.588. The van der Waals surface area contributed by atoms with Crippen LogP contribution in [0.3, 0.4) is 0 Å². The van der Waals surface area contributed by atoms with Crippen LogP contribution in [0, 0.1) is 0 Å². The molecule has 0 radical (unpaired) electrons. The molecule has 0 aliphatic carbocycles. The molecular weight excluding hydrogens is 198 g/mol. The van der Waals surface area contributed by atoms with Gasteiger partial charge < -0.3 is 20.3 Å². The van der Waals surface area contributed by atoms with Crippen LogP contribution in [-0.2, 0) is 14.3 Å². The van der Waals surface area contributed by atoms with E-state index < -0.39 is 30.0 Å². The van der Waals surface area contributed by atoms with Gasteiger partial charge in [0.1, 0.15) is 18.3 Å². The van der Waals surface area contributed by atoms with E-state index in [9.17, 15) is 9.90 Å². The molecule has 84 valence electrons. The maximum Gasteiger partial charge on any atom is 0.277 e. The summed E-state index contributed by atoms with van der Waals surface area (Å²) in [5, 5.41) is 9.55. The summed E-state index contributed by atoms with van der Waals surface area (Å²) < 4.78 is 10.5. The Bertz CT molecular complexity index is 291. The highest BCUT2D eigenvalue weighted by Gasteiger charge is 2.49. The highest BCUT2D eigenvalue weighted by atomic mass is 16.8. The third-order valence-corrected chi connectivity index (χ3v) is 2.30. The quantitative estimate of drug-likeness (QED) is 0.628. The average Bonchev–Trinajstić information content (AvgIpc) is 2.56. The van der Waals surface area contributed by atoms with Crippen LogP contribution in [0.25, 0.3) is 0 Å². The Morgan fingerprint density at radius 2 is 2.20 bits per heavy atom. The fourth-order valence-corrected chi connectivity index (χ4v) is 1.38. The van der Waals surface area contributed by atoms with E-state index in [0.717, 1.165) is 0 Å². The molecule has 1 aliphatic rings. The van der Waals surface area contributed by atoms with Crippen molar-refractivity contribution in [2.45, 2.75) is 31.0 Å². The molecule has 0 spiro atoms. The number of aliphatic hydroxyl groups is 1. The van der Waals surface area contributed by atoms with Crippen molar-refractivity contribution >= 4 is 5.91 Å². The van der Waals surface area contributed by atoms with Crippen molar-refractivity contribution in [3.8, 4) is 0 Å². The molecule has 1 amide bonds. The molecule has 1 fully saturated rings. The van der Waals surface area contributed by atoms with Gasteiger partial charge in [-0.3, -0.25) is 4.79 Å². The second-order valence-electron chi connectivity index (χ2n) is 3.44. The molecule has 0 aromatic carbocycles. The Morgan fingerprint density at radius 3 is 2.60 bits per heavy atom. The van der Waals surface area contributed by atoms with Crippen molar-refractivity contribution < 1.29 is 19.4 Å². The molecule has 4 atom stereocenters. The summed E-state index contributed by atoms with van der Waals surface area (Å²) in [6.07, 6.45) is 0.519. The number of primary amides is 1. The zero-order valence-corrected chi connectivity index (χ0v) is 8.55. The largest absolute Gasteiger partial charge is 0.386 e. The van der Waals surface area contributed by atoms with Gasteiger partial charge in [-0.05, 0) is 6.92 Å². The number of ether oxygens (including phenoxy) is 2. The SMILES string of the molecule is C=C[C@@H](O)[C@H]1O[C@](C)(C(N)=O)O[C@H]1C=C. The predicted molar refractivity (Wildman–Crippen MR) is 53.7 cm³/mol. The standard InChI is InChI=1S/C10H15NO4/c1-4-6(12)8-7(5-2)14-10(3,15-8)9(11)13/h4-8,12H,1-2H2,3H3,(H2,11,13)/t6-,7+,8-,10-/m1/s1. The summed E-state index contributed by atoms with van der Waals surface area (Å²) in [5.41, 5.74) is 5.12. The highest BCUT2D eigenvalue weighted by molar-refractivity contribution is 5.81. The smallest absolute Gasteiger partial charge is 0.277 e. The van der Waals surface area contributed by atoms with E-state index >= 15 is 0 Å². The number of carbonyl (C=O) groups excluding carboxylic acids is 1. The van der Waals surface area contributed by atoms with Gasteiger partial charge in [-0.25, -0.2) is 0 Å². The first-order valence-corrected chi connectivity index (χ1v) is 4.53. The number of carbonyl (C=O) groups is 1.